The molecule has 1 aliphatic heterocycles. The highest BCUT2D eigenvalue weighted by molar-refractivity contribution is 7.15. The molecule has 5 nitrogen and oxygen atoms in total. The summed E-state index contributed by atoms with van der Waals surface area (Å²) in [4.78, 5) is 20.2. The van der Waals surface area contributed by atoms with Crippen molar-refractivity contribution >= 4 is 34.9 Å². The summed E-state index contributed by atoms with van der Waals surface area (Å²) in [5.74, 6) is 0.199. The molecule has 0 aliphatic carbocycles. The van der Waals surface area contributed by atoms with E-state index in [1.54, 1.807) is 0 Å². The zero-order valence-corrected chi connectivity index (χ0v) is 10.5. The lowest BCUT2D eigenvalue weighted by Gasteiger charge is -2.21. The van der Waals surface area contributed by atoms with Gasteiger partial charge in [0.1, 0.15) is 0 Å². The standard InChI is InChI=1S/C9H8ClF2N3O2S/c10-8-13-1-5(18-8)2-15(3-6(11)12)7-4-17-9(16)14-7/h1,6H,2-4H2. The SMILES string of the molecule is O=C1N=C(N(Cc2cnc(Cl)s2)CC(F)F)CO1. The van der Waals surface area contributed by atoms with Crippen molar-refractivity contribution < 1.29 is 18.3 Å². The molecule has 0 bridgehead atoms. The molecule has 98 valence electrons. The highest BCUT2D eigenvalue weighted by Crippen LogP contribution is 2.20. The van der Waals surface area contributed by atoms with Crippen LogP contribution in [0.5, 0.6) is 0 Å². The van der Waals surface area contributed by atoms with Crippen LogP contribution in [0.3, 0.4) is 0 Å². The van der Waals surface area contributed by atoms with Crippen molar-refractivity contribution in [1.82, 2.24) is 9.88 Å². The number of amidine groups is 1. The fourth-order valence-corrected chi connectivity index (χ4v) is 2.42. The molecule has 2 heterocycles. The van der Waals surface area contributed by atoms with Gasteiger partial charge in [0, 0.05) is 11.1 Å². The number of amides is 1. The third-order valence-corrected chi connectivity index (χ3v) is 3.24. The molecule has 0 saturated carbocycles. The number of ether oxygens (including phenoxy) is 1. The number of hydrogen-bond donors (Lipinski definition) is 0. The molecule has 0 N–H and O–H groups in total. The summed E-state index contributed by atoms with van der Waals surface area (Å²) in [6, 6.07) is 0. The van der Waals surface area contributed by atoms with E-state index >= 15 is 0 Å². The minimum atomic E-state index is -2.54. The molecule has 1 amide bonds. The molecule has 0 aromatic carbocycles. The number of aromatic nitrogens is 1. The van der Waals surface area contributed by atoms with E-state index in [1.165, 1.54) is 22.4 Å². The molecule has 1 aromatic heterocycles. The van der Waals surface area contributed by atoms with Crippen molar-refractivity contribution in [3.63, 3.8) is 0 Å². The fraction of sp³-hybridized carbons (Fsp3) is 0.444. The number of hydrogen-bond acceptors (Lipinski definition) is 5. The number of aliphatic imine (C=N–C) groups is 1. The van der Waals surface area contributed by atoms with E-state index in [9.17, 15) is 13.6 Å². The van der Waals surface area contributed by atoms with Gasteiger partial charge in [-0.15, -0.1) is 11.3 Å². The Hall–Kier alpha value is -1.28. The van der Waals surface area contributed by atoms with E-state index in [0.29, 0.717) is 9.34 Å². The van der Waals surface area contributed by atoms with Gasteiger partial charge in [0.15, 0.2) is 16.9 Å². The van der Waals surface area contributed by atoms with Gasteiger partial charge in [-0.3, -0.25) is 0 Å². The van der Waals surface area contributed by atoms with E-state index in [-0.39, 0.29) is 19.0 Å². The molecule has 0 saturated heterocycles. The van der Waals surface area contributed by atoms with Gasteiger partial charge in [0.25, 0.3) is 6.43 Å². The minimum absolute atomic E-state index is 0.0852. The number of alkyl halides is 2. The van der Waals surface area contributed by atoms with Crippen LogP contribution in [0.15, 0.2) is 11.2 Å². The second-order valence-electron chi connectivity index (χ2n) is 3.43. The van der Waals surface area contributed by atoms with E-state index in [1.807, 2.05) is 0 Å². The van der Waals surface area contributed by atoms with Crippen molar-refractivity contribution in [2.75, 3.05) is 13.2 Å². The topological polar surface area (TPSA) is 54.8 Å². The molecule has 2 rings (SSSR count). The van der Waals surface area contributed by atoms with Crippen LogP contribution in [0.2, 0.25) is 4.47 Å². The Morgan fingerprint density at radius 3 is 2.89 bits per heavy atom. The van der Waals surface area contributed by atoms with Crippen molar-refractivity contribution in [2.24, 2.45) is 4.99 Å². The lowest BCUT2D eigenvalue weighted by molar-refractivity contribution is 0.112. The largest absolute Gasteiger partial charge is 0.440 e. The maximum absolute atomic E-state index is 12.5. The van der Waals surface area contributed by atoms with Crippen LogP contribution < -0.4 is 0 Å². The highest BCUT2D eigenvalue weighted by Gasteiger charge is 2.24. The lowest BCUT2D eigenvalue weighted by atomic mass is 10.4. The molecule has 1 aromatic rings. The summed E-state index contributed by atoms with van der Waals surface area (Å²) >= 11 is 6.85. The smallest absolute Gasteiger partial charge is 0.435 e. The van der Waals surface area contributed by atoms with Crippen molar-refractivity contribution in [3.05, 3.63) is 15.5 Å². The van der Waals surface area contributed by atoms with Crippen molar-refractivity contribution in [2.45, 2.75) is 13.0 Å². The first kappa shape index (κ1) is 13.2. The van der Waals surface area contributed by atoms with Gasteiger partial charge in [-0.2, -0.15) is 4.99 Å². The Morgan fingerprint density at radius 2 is 2.39 bits per heavy atom. The van der Waals surface area contributed by atoms with Gasteiger partial charge >= 0.3 is 6.09 Å². The molecule has 0 radical (unpaired) electrons. The summed E-state index contributed by atoms with van der Waals surface area (Å²) in [6.07, 6.45) is -1.79. The minimum Gasteiger partial charge on any atom is -0.440 e. The first-order valence-corrected chi connectivity index (χ1v) is 6.11. The normalized spacial score (nSPS) is 14.9. The fourth-order valence-electron chi connectivity index (χ4n) is 1.43. The summed E-state index contributed by atoms with van der Waals surface area (Å²) < 4.78 is 29.9. The summed E-state index contributed by atoms with van der Waals surface area (Å²) in [6.45, 7) is -0.437. The summed E-state index contributed by atoms with van der Waals surface area (Å²) in [5.41, 5.74) is 0. The molecule has 0 spiro atoms. The van der Waals surface area contributed by atoms with E-state index in [4.69, 9.17) is 11.6 Å². The van der Waals surface area contributed by atoms with E-state index < -0.39 is 19.1 Å². The zero-order chi connectivity index (χ0) is 13.1. The van der Waals surface area contributed by atoms with Crippen LogP contribution in [0.4, 0.5) is 13.6 Å². The second kappa shape index (κ2) is 5.57. The lowest BCUT2D eigenvalue weighted by Crippen LogP contribution is -2.35. The number of carbonyl (C=O) groups excluding carboxylic acids is 1. The van der Waals surface area contributed by atoms with Crippen LogP contribution >= 0.6 is 22.9 Å². The molecule has 9 heteroatoms. The van der Waals surface area contributed by atoms with Gasteiger partial charge in [-0.25, -0.2) is 18.6 Å². The summed E-state index contributed by atoms with van der Waals surface area (Å²) in [5, 5.41) is 0. The van der Waals surface area contributed by atoms with Crippen LogP contribution in [0.25, 0.3) is 0 Å². The van der Waals surface area contributed by atoms with Gasteiger partial charge in [-0.1, -0.05) is 11.6 Å². The van der Waals surface area contributed by atoms with Crippen LogP contribution in [-0.4, -0.2) is 41.4 Å². The highest BCUT2D eigenvalue weighted by atomic mass is 35.5. The Bertz CT molecular complexity index is 480. The van der Waals surface area contributed by atoms with Gasteiger partial charge in [0.05, 0.1) is 13.1 Å². The number of thiazole rings is 1. The molecule has 18 heavy (non-hydrogen) atoms. The third-order valence-electron chi connectivity index (χ3n) is 2.14. The van der Waals surface area contributed by atoms with Crippen LogP contribution in [-0.2, 0) is 11.3 Å². The zero-order valence-electron chi connectivity index (χ0n) is 8.98. The second-order valence-corrected chi connectivity index (χ2v) is 5.13. The number of cyclic esters (lactones) is 1. The van der Waals surface area contributed by atoms with E-state index in [0.717, 1.165) is 0 Å². The number of nitrogens with zero attached hydrogens (tertiary/aromatic N) is 3. The maximum atomic E-state index is 12.5. The van der Waals surface area contributed by atoms with Crippen molar-refractivity contribution in [3.8, 4) is 0 Å². The quantitative estimate of drug-likeness (QED) is 0.856. The maximum Gasteiger partial charge on any atom is 0.435 e. The average Bonchev–Trinajstić information content (AvgIpc) is 2.86. The van der Waals surface area contributed by atoms with Gasteiger partial charge in [-0.05, 0) is 0 Å². The number of halogens is 3. The third kappa shape index (κ3) is 3.36. The molecule has 0 fully saturated rings. The Kier molecular flexibility index (Phi) is 4.07. The first-order valence-electron chi connectivity index (χ1n) is 4.92. The van der Waals surface area contributed by atoms with Crippen LogP contribution in [0, 0.1) is 0 Å². The Morgan fingerprint density at radius 1 is 1.61 bits per heavy atom. The van der Waals surface area contributed by atoms with Gasteiger partial charge in [0.2, 0.25) is 0 Å². The van der Waals surface area contributed by atoms with Crippen molar-refractivity contribution in [1.29, 1.82) is 0 Å². The molecule has 1 aliphatic rings. The Balaban J connectivity index is 2.10. The van der Waals surface area contributed by atoms with Crippen LogP contribution in [0.1, 0.15) is 4.88 Å². The first-order chi connectivity index (χ1) is 8.54. The molecule has 0 unspecified atom stereocenters. The monoisotopic (exact) mass is 295 g/mol. The predicted octanol–water partition coefficient (Wildman–Crippen LogP) is 2.41. The predicted molar refractivity (Wildman–Crippen MR) is 62.3 cm³/mol. The molecule has 0 atom stereocenters. The number of carbonyl (C=O) groups is 1. The molecular formula is C9H8ClF2N3O2S. The average molecular weight is 296 g/mol. The summed E-state index contributed by atoms with van der Waals surface area (Å²) in [7, 11) is 0. The van der Waals surface area contributed by atoms with Gasteiger partial charge < -0.3 is 9.64 Å². The van der Waals surface area contributed by atoms with E-state index in [2.05, 4.69) is 14.7 Å². The Labute approximate surface area is 110 Å². The molecular weight excluding hydrogens is 288 g/mol. The number of rotatable bonds is 4.